The van der Waals surface area contributed by atoms with Crippen molar-refractivity contribution in [3.8, 4) is 0 Å². The molecule has 0 bridgehead atoms. The Kier molecular flexibility index (Phi) is 4.46. The first-order chi connectivity index (χ1) is 8.99. The van der Waals surface area contributed by atoms with Gasteiger partial charge in [-0.3, -0.25) is 0 Å². The molecule has 0 aromatic heterocycles. The first kappa shape index (κ1) is 14.3. The molecular formula is C15H14Cl2FN. The molecule has 0 saturated carbocycles. The zero-order valence-electron chi connectivity index (χ0n) is 10.5. The van der Waals surface area contributed by atoms with Crippen LogP contribution in [0.5, 0.6) is 0 Å². The lowest BCUT2D eigenvalue weighted by molar-refractivity contribution is 0.593. The van der Waals surface area contributed by atoms with E-state index in [9.17, 15) is 4.39 Å². The fraction of sp³-hybridized carbons (Fsp3) is 0.200. The maximum atomic E-state index is 13.7. The summed E-state index contributed by atoms with van der Waals surface area (Å²) >= 11 is 12.1. The molecule has 0 aliphatic carbocycles. The number of hydrogen-bond donors (Lipinski definition) is 1. The Bertz CT molecular complexity index is 578. The van der Waals surface area contributed by atoms with E-state index in [1.807, 2.05) is 25.1 Å². The van der Waals surface area contributed by atoms with Gasteiger partial charge >= 0.3 is 0 Å². The molecule has 2 rings (SSSR count). The smallest absolute Gasteiger partial charge is 0.127 e. The molecule has 0 saturated heterocycles. The lowest BCUT2D eigenvalue weighted by Gasteiger charge is -2.14. The monoisotopic (exact) mass is 297 g/mol. The second-order valence-electron chi connectivity index (χ2n) is 4.52. The van der Waals surface area contributed by atoms with Crippen LogP contribution in [0, 0.1) is 12.7 Å². The first-order valence-corrected chi connectivity index (χ1v) is 6.69. The predicted octanol–water partition coefficient (Wildman–Crippen LogP) is 4.68. The van der Waals surface area contributed by atoms with Crippen molar-refractivity contribution in [3.63, 3.8) is 0 Å². The highest BCUT2D eigenvalue weighted by Crippen LogP contribution is 2.26. The van der Waals surface area contributed by atoms with Gasteiger partial charge in [0.1, 0.15) is 5.82 Å². The van der Waals surface area contributed by atoms with E-state index in [1.165, 1.54) is 6.07 Å². The van der Waals surface area contributed by atoms with Crippen molar-refractivity contribution in [2.45, 2.75) is 19.4 Å². The zero-order valence-corrected chi connectivity index (χ0v) is 12.0. The summed E-state index contributed by atoms with van der Waals surface area (Å²) in [5.41, 5.74) is 8.40. The highest BCUT2D eigenvalue weighted by atomic mass is 35.5. The Balaban J connectivity index is 2.25. The van der Waals surface area contributed by atoms with E-state index in [4.69, 9.17) is 28.9 Å². The molecule has 1 nitrogen and oxygen atoms in total. The normalized spacial score (nSPS) is 12.5. The lowest BCUT2D eigenvalue weighted by atomic mass is 9.98. The molecule has 2 aromatic carbocycles. The topological polar surface area (TPSA) is 26.0 Å². The van der Waals surface area contributed by atoms with Crippen molar-refractivity contribution < 1.29 is 4.39 Å². The quantitative estimate of drug-likeness (QED) is 0.874. The van der Waals surface area contributed by atoms with E-state index in [1.54, 1.807) is 12.1 Å². The van der Waals surface area contributed by atoms with Crippen LogP contribution in [-0.2, 0) is 6.42 Å². The third-order valence-electron chi connectivity index (χ3n) is 3.11. The third kappa shape index (κ3) is 3.27. The van der Waals surface area contributed by atoms with E-state index in [2.05, 4.69) is 0 Å². The van der Waals surface area contributed by atoms with Crippen LogP contribution in [0.2, 0.25) is 10.0 Å². The summed E-state index contributed by atoms with van der Waals surface area (Å²) < 4.78 is 13.7. The summed E-state index contributed by atoms with van der Waals surface area (Å²) in [5, 5.41) is 1.06. The van der Waals surface area contributed by atoms with Crippen LogP contribution in [0.1, 0.15) is 22.7 Å². The molecule has 0 radical (unpaired) electrons. The molecule has 0 aliphatic rings. The van der Waals surface area contributed by atoms with Gasteiger partial charge in [-0.05, 0) is 42.7 Å². The number of hydrogen-bond acceptors (Lipinski definition) is 1. The maximum Gasteiger partial charge on any atom is 0.127 e. The Hall–Kier alpha value is -1.09. The highest BCUT2D eigenvalue weighted by molar-refractivity contribution is 6.31. The summed E-state index contributed by atoms with van der Waals surface area (Å²) in [7, 11) is 0. The first-order valence-electron chi connectivity index (χ1n) is 5.93. The van der Waals surface area contributed by atoms with Gasteiger partial charge < -0.3 is 5.73 Å². The molecule has 2 aromatic rings. The highest BCUT2D eigenvalue weighted by Gasteiger charge is 2.14. The van der Waals surface area contributed by atoms with Gasteiger partial charge in [-0.25, -0.2) is 4.39 Å². The minimum atomic E-state index is -0.340. The molecule has 0 heterocycles. The SMILES string of the molecule is Cc1ccc(C(N)Cc2c(F)cccc2Cl)cc1Cl. The van der Waals surface area contributed by atoms with Crippen LogP contribution in [0.4, 0.5) is 4.39 Å². The summed E-state index contributed by atoms with van der Waals surface area (Å²) in [5.74, 6) is -0.332. The molecule has 1 unspecified atom stereocenters. The number of halogens is 3. The zero-order chi connectivity index (χ0) is 14.0. The Labute approximate surface area is 122 Å². The lowest BCUT2D eigenvalue weighted by Crippen LogP contribution is -2.14. The van der Waals surface area contributed by atoms with Gasteiger partial charge in [-0.1, -0.05) is 41.4 Å². The number of rotatable bonds is 3. The third-order valence-corrected chi connectivity index (χ3v) is 3.87. The summed E-state index contributed by atoms with van der Waals surface area (Å²) in [6.07, 6.45) is 0.338. The van der Waals surface area contributed by atoms with E-state index in [0.29, 0.717) is 22.0 Å². The number of nitrogens with two attached hydrogens (primary N) is 1. The molecule has 0 fully saturated rings. The minimum Gasteiger partial charge on any atom is -0.324 e. The van der Waals surface area contributed by atoms with Gasteiger partial charge in [-0.2, -0.15) is 0 Å². The van der Waals surface area contributed by atoms with E-state index >= 15 is 0 Å². The molecular weight excluding hydrogens is 284 g/mol. The summed E-state index contributed by atoms with van der Waals surface area (Å²) in [6, 6.07) is 9.91. The predicted molar refractivity (Wildman–Crippen MR) is 78.2 cm³/mol. The maximum absolute atomic E-state index is 13.7. The Morgan fingerprint density at radius 2 is 1.89 bits per heavy atom. The van der Waals surface area contributed by atoms with E-state index in [-0.39, 0.29) is 11.9 Å². The van der Waals surface area contributed by atoms with Crippen molar-refractivity contribution in [2.24, 2.45) is 5.73 Å². The van der Waals surface area contributed by atoms with Gasteiger partial charge in [0.05, 0.1) is 0 Å². The van der Waals surface area contributed by atoms with Crippen LogP contribution in [0.15, 0.2) is 36.4 Å². The fourth-order valence-electron chi connectivity index (χ4n) is 1.90. The molecule has 0 amide bonds. The van der Waals surface area contributed by atoms with Crippen LogP contribution in [0.25, 0.3) is 0 Å². The van der Waals surface area contributed by atoms with Gasteiger partial charge in [0.25, 0.3) is 0 Å². The standard InChI is InChI=1S/C15H14Cl2FN/c1-9-5-6-10(7-13(9)17)15(19)8-11-12(16)3-2-4-14(11)18/h2-7,15H,8,19H2,1H3. The molecule has 0 spiro atoms. The fourth-order valence-corrected chi connectivity index (χ4v) is 2.33. The van der Waals surface area contributed by atoms with Crippen molar-refractivity contribution in [1.82, 2.24) is 0 Å². The van der Waals surface area contributed by atoms with E-state index in [0.717, 1.165) is 11.1 Å². The molecule has 1 atom stereocenters. The van der Waals surface area contributed by atoms with E-state index < -0.39 is 0 Å². The van der Waals surface area contributed by atoms with Crippen molar-refractivity contribution in [1.29, 1.82) is 0 Å². The molecule has 2 N–H and O–H groups in total. The Morgan fingerprint density at radius 3 is 2.53 bits per heavy atom. The summed E-state index contributed by atoms with van der Waals surface area (Å²) in [6.45, 7) is 1.92. The average Bonchev–Trinajstić information content (AvgIpc) is 2.37. The largest absolute Gasteiger partial charge is 0.324 e. The van der Waals surface area contributed by atoms with Crippen LogP contribution >= 0.6 is 23.2 Å². The Morgan fingerprint density at radius 1 is 1.16 bits per heavy atom. The molecule has 19 heavy (non-hydrogen) atoms. The van der Waals surface area contributed by atoms with Crippen molar-refractivity contribution in [2.75, 3.05) is 0 Å². The van der Waals surface area contributed by atoms with Crippen molar-refractivity contribution >= 4 is 23.2 Å². The number of aryl methyl sites for hydroxylation is 1. The second kappa shape index (κ2) is 5.91. The van der Waals surface area contributed by atoms with Crippen LogP contribution < -0.4 is 5.73 Å². The van der Waals surface area contributed by atoms with Crippen LogP contribution in [0.3, 0.4) is 0 Å². The summed E-state index contributed by atoms with van der Waals surface area (Å²) in [4.78, 5) is 0. The van der Waals surface area contributed by atoms with Gasteiger partial charge in [0.2, 0.25) is 0 Å². The average molecular weight is 298 g/mol. The number of benzene rings is 2. The second-order valence-corrected chi connectivity index (χ2v) is 5.33. The van der Waals surface area contributed by atoms with Gasteiger partial charge in [0, 0.05) is 21.7 Å². The molecule has 0 aliphatic heterocycles. The van der Waals surface area contributed by atoms with Crippen molar-refractivity contribution in [3.05, 3.63) is 69.0 Å². The van der Waals surface area contributed by atoms with Gasteiger partial charge in [-0.15, -0.1) is 0 Å². The molecule has 100 valence electrons. The molecule has 4 heteroatoms. The van der Waals surface area contributed by atoms with Gasteiger partial charge in [0.15, 0.2) is 0 Å². The minimum absolute atomic E-state index is 0.332. The van der Waals surface area contributed by atoms with Crippen LogP contribution in [-0.4, -0.2) is 0 Å².